The van der Waals surface area contributed by atoms with Crippen molar-refractivity contribution in [2.24, 2.45) is 0 Å². The Morgan fingerprint density at radius 1 is 0.500 bits per heavy atom. The summed E-state index contributed by atoms with van der Waals surface area (Å²) in [6.07, 6.45) is 33.5. The second-order valence-electron chi connectivity index (χ2n) is 7.46. The molecule has 0 radical (unpaired) electrons. The van der Waals surface area contributed by atoms with Gasteiger partial charge in [-0.15, -0.1) is 0 Å². The molecule has 0 N–H and O–H groups in total. The van der Waals surface area contributed by atoms with E-state index in [0.717, 1.165) is 0 Å². The van der Waals surface area contributed by atoms with Gasteiger partial charge in [-0.1, -0.05) is 141 Å². The molecule has 0 aromatic rings. The van der Waals surface area contributed by atoms with Crippen LogP contribution in [0.15, 0.2) is 24.8 Å². The summed E-state index contributed by atoms with van der Waals surface area (Å²) in [5.41, 5.74) is 0. The topological polar surface area (TPSA) is 0 Å². The summed E-state index contributed by atoms with van der Waals surface area (Å²) in [7, 11) is 0. The zero-order valence-corrected chi connectivity index (χ0v) is 16.9. The molecule has 0 rings (SSSR count). The van der Waals surface area contributed by atoms with Crippen molar-refractivity contribution in [2.75, 3.05) is 0 Å². The molecule has 0 fully saturated rings. The highest BCUT2D eigenvalue weighted by Crippen LogP contribution is 2.14. The lowest BCUT2D eigenvalue weighted by Crippen LogP contribution is -1.84. The third-order valence-electron chi connectivity index (χ3n) is 5.00. The Hall–Kier alpha value is -0.520. The maximum atomic E-state index is 3.69. The van der Waals surface area contributed by atoms with Crippen LogP contribution in [0.1, 0.15) is 129 Å². The van der Waals surface area contributed by atoms with Gasteiger partial charge in [-0.3, -0.25) is 0 Å². The normalized spacial score (nSPS) is 11.4. The van der Waals surface area contributed by atoms with Crippen LogP contribution in [0.4, 0.5) is 0 Å². The first-order valence-electron chi connectivity index (χ1n) is 11.2. The van der Waals surface area contributed by atoms with Crippen molar-refractivity contribution in [1.82, 2.24) is 0 Å². The summed E-state index contributed by atoms with van der Waals surface area (Å²) in [6, 6.07) is 0. The van der Waals surface area contributed by atoms with Crippen LogP contribution < -0.4 is 0 Å². The van der Waals surface area contributed by atoms with Crippen LogP contribution in [0.2, 0.25) is 0 Å². The highest BCUT2D eigenvalue weighted by Gasteiger charge is 1.94. The van der Waals surface area contributed by atoms with Crippen LogP contribution in [0.3, 0.4) is 0 Å². The molecule has 0 aliphatic heterocycles. The van der Waals surface area contributed by atoms with Gasteiger partial charge in [0.1, 0.15) is 0 Å². The largest absolute Gasteiger partial charge is 0.0991 e. The summed E-state index contributed by atoms with van der Waals surface area (Å²) >= 11 is 0. The monoisotopic (exact) mass is 334 g/mol. The van der Waals surface area contributed by atoms with Crippen LogP contribution >= 0.6 is 0 Å². The molecule has 0 aliphatic carbocycles. The van der Waals surface area contributed by atoms with Gasteiger partial charge in [0, 0.05) is 0 Å². The van der Waals surface area contributed by atoms with Gasteiger partial charge < -0.3 is 0 Å². The predicted molar refractivity (Wildman–Crippen MR) is 113 cm³/mol. The molecule has 142 valence electrons. The summed E-state index contributed by atoms with van der Waals surface area (Å²) in [5, 5.41) is 0. The molecule has 0 heteroatoms. The van der Waals surface area contributed by atoms with E-state index in [1.165, 1.54) is 122 Å². The van der Waals surface area contributed by atoms with Gasteiger partial charge in [-0.2, -0.15) is 0 Å². The molecule has 0 saturated carbocycles. The minimum Gasteiger partial charge on any atom is -0.0991 e. The zero-order chi connectivity index (χ0) is 17.6. The predicted octanol–water partition coefficient (Wildman–Crippen LogP) is 9.16. The van der Waals surface area contributed by atoms with Gasteiger partial charge in [-0.25, -0.2) is 0 Å². The Morgan fingerprint density at radius 2 is 0.833 bits per heavy atom. The molecule has 0 bridgehead atoms. The SMILES string of the molecule is C=C/C=C/CCCCCCCCCCCCCCCCCCCC. The average molecular weight is 335 g/mol. The molecule has 0 amide bonds. The molecular weight excluding hydrogens is 288 g/mol. The molecular formula is C24H46. The van der Waals surface area contributed by atoms with Gasteiger partial charge in [0.05, 0.1) is 0 Å². The number of hydrogen-bond acceptors (Lipinski definition) is 0. The Labute approximate surface area is 154 Å². The minimum atomic E-state index is 1.23. The molecule has 0 saturated heterocycles. The van der Waals surface area contributed by atoms with E-state index in [9.17, 15) is 0 Å². The van der Waals surface area contributed by atoms with Crippen molar-refractivity contribution < 1.29 is 0 Å². The van der Waals surface area contributed by atoms with E-state index in [1.54, 1.807) is 0 Å². The third kappa shape index (κ3) is 21.5. The van der Waals surface area contributed by atoms with E-state index >= 15 is 0 Å². The maximum absolute atomic E-state index is 3.69. The van der Waals surface area contributed by atoms with Crippen LogP contribution in [-0.2, 0) is 0 Å². The summed E-state index contributed by atoms with van der Waals surface area (Å²) in [6.45, 7) is 5.99. The van der Waals surface area contributed by atoms with E-state index in [1.807, 2.05) is 6.08 Å². The lowest BCUT2D eigenvalue weighted by atomic mass is 10.0. The standard InChI is InChI=1S/C24H46/c1-3-5-7-9-11-13-15-17-19-21-23-24-22-20-18-16-14-12-10-8-6-4-2/h3,5,7H,1,4,6,8-24H2,2H3/b7-5+. The first kappa shape index (κ1) is 23.5. The van der Waals surface area contributed by atoms with E-state index in [4.69, 9.17) is 0 Å². The van der Waals surface area contributed by atoms with E-state index < -0.39 is 0 Å². The van der Waals surface area contributed by atoms with Gasteiger partial charge in [-0.05, 0) is 12.8 Å². The quantitative estimate of drug-likeness (QED) is 0.154. The Bertz CT molecular complexity index is 251. The fraction of sp³-hybridized carbons (Fsp3) is 0.833. The van der Waals surface area contributed by atoms with Crippen molar-refractivity contribution >= 4 is 0 Å². The average Bonchev–Trinajstić information content (AvgIpc) is 2.60. The highest BCUT2D eigenvalue weighted by molar-refractivity contribution is 4.96. The van der Waals surface area contributed by atoms with Crippen molar-refractivity contribution in [3.63, 3.8) is 0 Å². The second kappa shape index (κ2) is 22.5. The van der Waals surface area contributed by atoms with Crippen LogP contribution in [-0.4, -0.2) is 0 Å². The highest BCUT2D eigenvalue weighted by atomic mass is 14.0. The molecule has 0 unspecified atom stereocenters. The Morgan fingerprint density at radius 3 is 1.17 bits per heavy atom. The van der Waals surface area contributed by atoms with E-state index in [0.29, 0.717) is 0 Å². The zero-order valence-electron chi connectivity index (χ0n) is 16.9. The molecule has 24 heavy (non-hydrogen) atoms. The second-order valence-corrected chi connectivity index (χ2v) is 7.46. The fourth-order valence-electron chi connectivity index (χ4n) is 3.36. The Kier molecular flexibility index (Phi) is 22.0. The van der Waals surface area contributed by atoms with Crippen molar-refractivity contribution in [3.8, 4) is 0 Å². The van der Waals surface area contributed by atoms with Crippen LogP contribution in [0.25, 0.3) is 0 Å². The lowest BCUT2D eigenvalue weighted by molar-refractivity contribution is 0.525. The van der Waals surface area contributed by atoms with Crippen molar-refractivity contribution in [3.05, 3.63) is 24.8 Å². The van der Waals surface area contributed by atoms with Crippen LogP contribution in [0.5, 0.6) is 0 Å². The minimum absolute atomic E-state index is 1.23. The van der Waals surface area contributed by atoms with Gasteiger partial charge in [0.15, 0.2) is 0 Å². The summed E-state index contributed by atoms with van der Waals surface area (Å²) < 4.78 is 0. The molecule has 0 atom stereocenters. The molecule has 0 aromatic carbocycles. The van der Waals surface area contributed by atoms with Gasteiger partial charge in [0.2, 0.25) is 0 Å². The first-order chi connectivity index (χ1) is 11.9. The smallest absolute Gasteiger partial charge is 0.0348 e. The summed E-state index contributed by atoms with van der Waals surface area (Å²) in [4.78, 5) is 0. The Balaban J connectivity index is 2.98. The number of rotatable bonds is 20. The van der Waals surface area contributed by atoms with Gasteiger partial charge in [0.25, 0.3) is 0 Å². The van der Waals surface area contributed by atoms with Crippen molar-refractivity contribution in [2.45, 2.75) is 129 Å². The van der Waals surface area contributed by atoms with E-state index in [2.05, 4.69) is 25.7 Å². The molecule has 0 aliphatic rings. The number of hydrogen-bond donors (Lipinski definition) is 0. The molecule has 0 spiro atoms. The summed E-state index contributed by atoms with van der Waals surface area (Å²) in [5.74, 6) is 0. The van der Waals surface area contributed by atoms with Gasteiger partial charge >= 0.3 is 0 Å². The van der Waals surface area contributed by atoms with E-state index in [-0.39, 0.29) is 0 Å². The molecule has 0 aromatic heterocycles. The van der Waals surface area contributed by atoms with Crippen LogP contribution in [0, 0.1) is 0 Å². The fourth-order valence-corrected chi connectivity index (χ4v) is 3.36. The maximum Gasteiger partial charge on any atom is -0.0348 e. The first-order valence-corrected chi connectivity index (χ1v) is 11.2. The molecule has 0 nitrogen and oxygen atoms in total. The van der Waals surface area contributed by atoms with Crippen molar-refractivity contribution in [1.29, 1.82) is 0 Å². The third-order valence-corrected chi connectivity index (χ3v) is 5.00. The lowest BCUT2D eigenvalue weighted by Gasteiger charge is -2.03. The number of unbranched alkanes of at least 4 members (excludes halogenated alkanes) is 18. The number of allylic oxidation sites excluding steroid dienone is 3. The molecule has 0 heterocycles.